The summed E-state index contributed by atoms with van der Waals surface area (Å²) in [6.07, 6.45) is 1.55. The first kappa shape index (κ1) is 25.9. The number of aliphatic hydroxyl groups excluding tert-OH is 1. The first-order valence-corrected chi connectivity index (χ1v) is 13.2. The molecule has 8 heteroatoms. The van der Waals surface area contributed by atoms with Crippen molar-refractivity contribution in [2.45, 2.75) is 32.7 Å². The molecular weight excluding hydrogens is 480 g/mol. The number of ketones is 1. The minimum atomic E-state index is -0.684. The Morgan fingerprint density at radius 3 is 2.37 bits per heavy atom. The van der Waals surface area contributed by atoms with Crippen LogP contribution in [0.3, 0.4) is 0 Å². The number of amides is 1. The molecule has 1 amide bonds. The Morgan fingerprint density at radius 1 is 1.03 bits per heavy atom. The molecule has 0 bridgehead atoms. The van der Waals surface area contributed by atoms with E-state index in [0.717, 1.165) is 24.3 Å². The third-order valence-electron chi connectivity index (χ3n) is 7.49. The van der Waals surface area contributed by atoms with Crippen molar-refractivity contribution in [1.29, 1.82) is 0 Å². The van der Waals surface area contributed by atoms with Gasteiger partial charge in [0.15, 0.2) is 0 Å². The fourth-order valence-electron chi connectivity index (χ4n) is 5.21. The molecule has 198 valence electrons. The summed E-state index contributed by atoms with van der Waals surface area (Å²) in [5.41, 5.74) is 4.02. The van der Waals surface area contributed by atoms with Crippen molar-refractivity contribution in [3.8, 4) is 5.69 Å². The van der Waals surface area contributed by atoms with E-state index in [4.69, 9.17) is 4.74 Å². The second kappa shape index (κ2) is 10.9. The van der Waals surface area contributed by atoms with Gasteiger partial charge in [-0.05, 0) is 36.1 Å². The van der Waals surface area contributed by atoms with Gasteiger partial charge < -0.3 is 14.7 Å². The lowest BCUT2D eigenvalue weighted by molar-refractivity contribution is -0.140. The second-order valence-electron chi connectivity index (χ2n) is 10.2. The summed E-state index contributed by atoms with van der Waals surface area (Å²) in [5, 5.41) is 16.0. The molecule has 2 fully saturated rings. The van der Waals surface area contributed by atoms with Gasteiger partial charge in [-0.1, -0.05) is 56.3 Å². The van der Waals surface area contributed by atoms with Crippen LogP contribution in [0.5, 0.6) is 0 Å². The number of aromatic nitrogens is 2. The zero-order valence-electron chi connectivity index (χ0n) is 22.1. The number of para-hydroxylation sites is 1. The normalized spacial score (nSPS) is 20.0. The molecule has 0 radical (unpaired) electrons. The molecular formula is C30H34N4O4. The van der Waals surface area contributed by atoms with Gasteiger partial charge in [0.1, 0.15) is 5.76 Å². The molecule has 1 atom stereocenters. The first-order valence-electron chi connectivity index (χ1n) is 13.2. The maximum atomic E-state index is 13.5. The lowest BCUT2D eigenvalue weighted by atomic mass is 9.93. The minimum Gasteiger partial charge on any atom is -0.507 e. The van der Waals surface area contributed by atoms with Gasteiger partial charge in [0.05, 0.1) is 48.0 Å². The Kier molecular flexibility index (Phi) is 7.44. The number of aliphatic hydroxyl groups is 1. The van der Waals surface area contributed by atoms with Crippen LogP contribution in [0.2, 0.25) is 0 Å². The smallest absolute Gasteiger partial charge is 0.295 e. The van der Waals surface area contributed by atoms with E-state index in [9.17, 15) is 14.7 Å². The van der Waals surface area contributed by atoms with Gasteiger partial charge in [-0.3, -0.25) is 14.5 Å². The molecule has 2 saturated heterocycles. The molecule has 3 heterocycles. The fourth-order valence-corrected chi connectivity index (χ4v) is 5.21. The van der Waals surface area contributed by atoms with Gasteiger partial charge in [-0.25, -0.2) is 4.68 Å². The molecule has 0 spiro atoms. The number of hydrogen-bond acceptors (Lipinski definition) is 6. The highest BCUT2D eigenvalue weighted by Gasteiger charge is 2.46. The third-order valence-corrected chi connectivity index (χ3v) is 7.49. The zero-order valence-corrected chi connectivity index (χ0v) is 22.1. The van der Waals surface area contributed by atoms with Crippen LogP contribution in [0.1, 0.15) is 48.2 Å². The molecule has 3 aromatic rings. The average molecular weight is 515 g/mol. The predicted octanol–water partition coefficient (Wildman–Crippen LogP) is 4.06. The maximum absolute atomic E-state index is 13.5. The van der Waals surface area contributed by atoms with Crippen LogP contribution >= 0.6 is 0 Å². The topological polar surface area (TPSA) is 87.9 Å². The van der Waals surface area contributed by atoms with E-state index < -0.39 is 17.7 Å². The largest absolute Gasteiger partial charge is 0.507 e. The molecule has 2 aromatic carbocycles. The Hall–Kier alpha value is -3.75. The monoisotopic (exact) mass is 514 g/mol. The number of likely N-dealkylation sites (tertiary alicyclic amines) is 1. The molecule has 5 rings (SSSR count). The summed E-state index contributed by atoms with van der Waals surface area (Å²) in [7, 11) is 0. The van der Waals surface area contributed by atoms with E-state index in [1.54, 1.807) is 15.8 Å². The quantitative estimate of drug-likeness (QED) is 0.291. The standard InChI is InChI=1S/C30H34N4O4/c1-20(2)22-9-11-23(12-10-22)27-26(29(36)30(37)33(27)14-13-32-15-17-38-18-16-32)28(35)25-19-31-34(21(25)3)24-7-5-4-6-8-24/h4-12,19-20,27,35H,13-18H2,1-3H3/t27-/m0/s1. The Bertz CT molecular complexity index is 1340. The number of nitrogens with zero attached hydrogens (tertiary/aromatic N) is 4. The molecule has 0 unspecified atom stereocenters. The van der Waals surface area contributed by atoms with Gasteiger partial charge in [-0.2, -0.15) is 5.10 Å². The number of carbonyl (C=O) groups excluding carboxylic acids is 2. The van der Waals surface area contributed by atoms with Crippen LogP contribution in [0.25, 0.3) is 11.4 Å². The summed E-state index contributed by atoms with van der Waals surface area (Å²) < 4.78 is 7.17. The van der Waals surface area contributed by atoms with Crippen molar-refractivity contribution < 1.29 is 19.4 Å². The zero-order chi connectivity index (χ0) is 26.8. The number of morpholine rings is 1. The van der Waals surface area contributed by atoms with E-state index >= 15 is 0 Å². The molecule has 1 aromatic heterocycles. The number of rotatable bonds is 7. The molecule has 1 N–H and O–H groups in total. The van der Waals surface area contributed by atoms with Crippen LogP contribution in [0.15, 0.2) is 66.4 Å². The van der Waals surface area contributed by atoms with Crippen molar-refractivity contribution >= 4 is 17.4 Å². The molecule has 2 aliphatic rings. The highest BCUT2D eigenvalue weighted by atomic mass is 16.5. The van der Waals surface area contributed by atoms with Gasteiger partial charge in [-0.15, -0.1) is 0 Å². The first-order chi connectivity index (χ1) is 18.4. The van der Waals surface area contributed by atoms with Crippen LogP contribution in [0, 0.1) is 6.92 Å². The molecule has 0 aliphatic carbocycles. The van der Waals surface area contributed by atoms with Crippen molar-refractivity contribution in [1.82, 2.24) is 19.6 Å². The lowest BCUT2D eigenvalue weighted by Crippen LogP contribution is -2.42. The number of benzene rings is 2. The third kappa shape index (κ3) is 4.89. The number of hydrogen-bond donors (Lipinski definition) is 1. The predicted molar refractivity (Wildman–Crippen MR) is 145 cm³/mol. The van der Waals surface area contributed by atoms with Crippen LogP contribution in [-0.4, -0.2) is 75.8 Å². The van der Waals surface area contributed by atoms with E-state index in [2.05, 4.69) is 23.8 Å². The van der Waals surface area contributed by atoms with Crippen molar-refractivity contribution in [2.24, 2.45) is 0 Å². The van der Waals surface area contributed by atoms with E-state index in [1.807, 2.05) is 61.5 Å². The second-order valence-corrected chi connectivity index (χ2v) is 10.2. The van der Waals surface area contributed by atoms with E-state index in [-0.39, 0.29) is 11.3 Å². The Labute approximate surface area is 223 Å². The number of Topliss-reactive ketones (excluding diaryl/α,β-unsaturated/α-hetero) is 1. The van der Waals surface area contributed by atoms with E-state index in [1.165, 1.54) is 5.56 Å². The number of ether oxygens (including phenoxy) is 1. The van der Waals surface area contributed by atoms with Crippen LogP contribution in [-0.2, 0) is 14.3 Å². The molecule has 38 heavy (non-hydrogen) atoms. The maximum Gasteiger partial charge on any atom is 0.295 e. The highest BCUT2D eigenvalue weighted by molar-refractivity contribution is 6.46. The Morgan fingerprint density at radius 2 is 1.71 bits per heavy atom. The highest BCUT2D eigenvalue weighted by Crippen LogP contribution is 2.40. The van der Waals surface area contributed by atoms with Gasteiger partial charge in [0, 0.05) is 26.2 Å². The Balaban J connectivity index is 1.56. The van der Waals surface area contributed by atoms with Gasteiger partial charge >= 0.3 is 0 Å². The van der Waals surface area contributed by atoms with Gasteiger partial charge in [0.25, 0.3) is 11.7 Å². The summed E-state index contributed by atoms with van der Waals surface area (Å²) >= 11 is 0. The SMILES string of the molecule is Cc1c(C(O)=C2C(=O)C(=O)N(CCN3CCOCC3)[C@H]2c2ccc(C(C)C)cc2)cnn1-c1ccccc1. The number of carbonyl (C=O) groups is 2. The van der Waals surface area contributed by atoms with Crippen molar-refractivity contribution in [2.75, 3.05) is 39.4 Å². The van der Waals surface area contributed by atoms with Gasteiger partial charge in [0.2, 0.25) is 0 Å². The van der Waals surface area contributed by atoms with Crippen molar-refractivity contribution in [3.63, 3.8) is 0 Å². The molecule has 0 saturated carbocycles. The molecule has 2 aliphatic heterocycles. The van der Waals surface area contributed by atoms with Crippen LogP contribution in [0.4, 0.5) is 0 Å². The summed E-state index contributed by atoms with van der Waals surface area (Å²) in [6, 6.07) is 16.9. The summed E-state index contributed by atoms with van der Waals surface area (Å²) in [6.45, 7) is 9.98. The van der Waals surface area contributed by atoms with Crippen molar-refractivity contribution in [3.05, 3.63) is 88.8 Å². The summed E-state index contributed by atoms with van der Waals surface area (Å²) in [4.78, 5) is 30.7. The summed E-state index contributed by atoms with van der Waals surface area (Å²) in [5.74, 6) is -1.11. The van der Waals surface area contributed by atoms with Crippen LogP contribution < -0.4 is 0 Å². The molecule has 8 nitrogen and oxygen atoms in total. The van der Waals surface area contributed by atoms with E-state index in [0.29, 0.717) is 43.5 Å². The fraction of sp³-hybridized carbons (Fsp3) is 0.367. The lowest BCUT2D eigenvalue weighted by Gasteiger charge is -2.31. The average Bonchev–Trinajstić information content (AvgIpc) is 3.45. The minimum absolute atomic E-state index is 0.102.